The Bertz CT molecular complexity index is 701. The fourth-order valence-electron chi connectivity index (χ4n) is 1.93. The van der Waals surface area contributed by atoms with E-state index < -0.39 is 11.8 Å². The summed E-state index contributed by atoms with van der Waals surface area (Å²) in [6, 6.07) is 2.55. The third-order valence-corrected chi connectivity index (χ3v) is 3.12. The van der Waals surface area contributed by atoms with Crippen LogP contribution in [-0.2, 0) is 11.3 Å². The molecule has 0 atom stereocenters. The highest BCUT2D eigenvalue weighted by atomic mass is 35.5. The molecule has 1 aromatic heterocycles. The van der Waals surface area contributed by atoms with E-state index in [-0.39, 0.29) is 23.9 Å². The van der Waals surface area contributed by atoms with Crippen molar-refractivity contribution in [1.29, 1.82) is 0 Å². The number of hydrogen-bond acceptors (Lipinski definition) is 5. The molecular formula is C12H9ClFN3O3. The second kappa shape index (κ2) is 4.75. The fraction of sp³-hybridized carbons (Fsp3) is 0.250. The van der Waals surface area contributed by atoms with Crippen molar-refractivity contribution >= 4 is 17.6 Å². The summed E-state index contributed by atoms with van der Waals surface area (Å²) in [6.45, 7) is 1.98. The maximum atomic E-state index is 13.4. The Morgan fingerprint density at radius 1 is 1.60 bits per heavy atom. The molecule has 20 heavy (non-hydrogen) atoms. The minimum absolute atomic E-state index is 0.0508. The molecule has 0 amide bonds. The van der Waals surface area contributed by atoms with Gasteiger partial charge in [-0.2, -0.15) is 0 Å². The van der Waals surface area contributed by atoms with Crippen molar-refractivity contribution in [2.75, 3.05) is 6.61 Å². The van der Waals surface area contributed by atoms with Gasteiger partial charge in [-0.15, -0.1) is 5.10 Å². The van der Waals surface area contributed by atoms with Gasteiger partial charge in [0.15, 0.2) is 5.69 Å². The Balaban J connectivity index is 2.10. The molecule has 6 nitrogen and oxygen atoms in total. The van der Waals surface area contributed by atoms with Gasteiger partial charge in [-0.3, -0.25) is 0 Å². The lowest BCUT2D eigenvalue weighted by Crippen LogP contribution is -2.17. The van der Waals surface area contributed by atoms with Gasteiger partial charge in [-0.05, 0) is 13.0 Å². The Morgan fingerprint density at radius 2 is 2.40 bits per heavy atom. The first-order valence-corrected chi connectivity index (χ1v) is 6.23. The number of aromatic nitrogens is 3. The number of carbonyl (C=O) groups is 1. The summed E-state index contributed by atoms with van der Waals surface area (Å²) in [5.41, 5.74) is 0.956. The number of benzene rings is 1. The molecule has 3 rings (SSSR count). The predicted octanol–water partition coefficient (Wildman–Crippen LogP) is 2.13. The van der Waals surface area contributed by atoms with Gasteiger partial charge in [0.25, 0.3) is 0 Å². The van der Waals surface area contributed by atoms with Crippen molar-refractivity contribution in [3.05, 3.63) is 34.4 Å². The number of esters is 1. The van der Waals surface area contributed by atoms with Gasteiger partial charge in [-0.25, -0.2) is 13.9 Å². The van der Waals surface area contributed by atoms with Crippen LogP contribution in [0.15, 0.2) is 12.1 Å². The van der Waals surface area contributed by atoms with Crippen LogP contribution in [-0.4, -0.2) is 27.6 Å². The van der Waals surface area contributed by atoms with Crippen LogP contribution in [0.1, 0.15) is 23.1 Å². The van der Waals surface area contributed by atoms with Crippen molar-refractivity contribution in [1.82, 2.24) is 15.0 Å². The molecule has 8 heteroatoms. The monoisotopic (exact) mass is 297 g/mol. The molecule has 0 saturated carbocycles. The average molecular weight is 298 g/mol. The van der Waals surface area contributed by atoms with E-state index in [0.717, 1.165) is 0 Å². The summed E-state index contributed by atoms with van der Waals surface area (Å²) in [4.78, 5) is 11.7. The SMILES string of the molecule is CCOC(=O)c1nnn2c1COc1cc(F)c(Cl)cc1-2. The second-order valence-corrected chi connectivity index (χ2v) is 4.45. The van der Waals surface area contributed by atoms with Crippen LogP contribution in [0.5, 0.6) is 5.75 Å². The molecule has 1 aliphatic heterocycles. The molecule has 0 radical (unpaired) electrons. The summed E-state index contributed by atoms with van der Waals surface area (Å²) in [6.07, 6.45) is 0. The summed E-state index contributed by atoms with van der Waals surface area (Å²) < 4.78 is 25.1. The Morgan fingerprint density at radius 3 is 3.15 bits per heavy atom. The number of halogens is 2. The van der Waals surface area contributed by atoms with Crippen LogP contribution in [0.3, 0.4) is 0 Å². The summed E-state index contributed by atoms with van der Waals surface area (Å²) in [5, 5.41) is 7.60. The molecule has 0 unspecified atom stereocenters. The molecule has 0 bridgehead atoms. The number of fused-ring (bicyclic) bond motifs is 3. The van der Waals surface area contributed by atoms with E-state index in [1.807, 2.05) is 0 Å². The van der Waals surface area contributed by atoms with Crippen LogP contribution in [0.25, 0.3) is 5.69 Å². The van der Waals surface area contributed by atoms with Gasteiger partial charge in [0.2, 0.25) is 0 Å². The lowest BCUT2D eigenvalue weighted by molar-refractivity contribution is 0.0516. The first-order valence-electron chi connectivity index (χ1n) is 5.85. The molecule has 104 valence electrons. The molecule has 2 heterocycles. The normalized spacial score (nSPS) is 12.3. The minimum atomic E-state index is -0.584. The predicted molar refractivity (Wildman–Crippen MR) is 66.6 cm³/mol. The van der Waals surface area contributed by atoms with Gasteiger partial charge >= 0.3 is 5.97 Å². The Kier molecular flexibility index (Phi) is 3.06. The van der Waals surface area contributed by atoms with E-state index in [1.54, 1.807) is 6.92 Å². The molecule has 1 aromatic carbocycles. The molecule has 2 aromatic rings. The van der Waals surface area contributed by atoms with Gasteiger partial charge < -0.3 is 9.47 Å². The second-order valence-electron chi connectivity index (χ2n) is 4.04. The lowest BCUT2D eigenvalue weighted by atomic mass is 10.2. The molecule has 0 spiro atoms. The maximum Gasteiger partial charge on any atom is 0.360 e. The average Bonchev–Trinajstić information content (AvgIpc) is 2.85. The van der Waals surface area contributed by atoms with Crippen molar-refractivity contribution in [2.24, 2.45) is 0 Å². The van der Waals surface area contributed by atoms with E-state index in [2.05, 4.69) is 10.3 Å². The smallest absolute Gasteiger partial charge is 0.360 e. The summed E-state index contributed by atoms with van der Waals surface area (Å²) in [7, 11) is 0. The molecule has 0 N–H and O–H groups in total. The minimum Gasteiger partial charge on any atom is -0.485 e. The van der Waals surface area contributed by atoms with Crippen LogP contribution in [0, 0.1) is 5.82 Å². The molecular weight excluding hydrogens is 289 g/mol. The zero-order valence-corrected chi connectivity index (χ0v) is 11.1. The van der Waals surface area contributed by atoms with Crippen molar-refractivity contribution in [3.8, 4) is 11.4 Å². The molecule has 1 aliphatic rings. The number of carbonyl (C=O) groups excluding carboxylic acids is 1. The zero-order chi connectivity index (χ0) is 14.3. The number of hydrogen-bond donors (Lipinski definition) is 0. The van der Waals surface area contributed by atoms with Crippen molar-refractivity contribution in [2.45, 2.75) is 13.5 Å². The standard InChI is InChI=1S/C12H9ClFN3O3/c1-2-19-12(18)11-9-5-20-10-4-7(14)6(13)3-8(10)17(9)16-15-11/h3-4H,2,5H2,1H3. The maximum absolute atomic E-state index is 13.4. The largest absolute Gasteiger partial charge is 0.485 e. The number of rotatable bonds is 2. The van der Waals surface area contributed by atoms with E-state index in [4.69, 9.17) is 21.1 Å². The first-order chi connectivity index (χ1) is 9.61. The highest BCUT2D eigenvalue weighted by Gasteiger charge is 2.28. The van der Waals surface area contributed by atoms with Gasteiger partial charge in [0, 0.05) is 6.07 Å². The zero-order valence-electron chi connectivity index (χ0n) is 10.4. The molecule has 0 fully saturated rings. The Labute approximate surface area is 118 Å². The van der Waals surface area contributed by atoms with Crippen LogP contribution in [0.2, 0.25) is 5.02 Å². The lowest BCUT2D eigenvalue weighted by Gasteiger charge is -2.19. The number of nitrogens with zero attached hydrogens (tertiary/aromatic N) is 3. The third-order valence-electron chi connectivity index (χ3n) is 2.83. The highest BCUT2D eigenvalue weighted by molar-refractivity contribution is 6.31. The van der Waals surface area contributed by atoms with E-state index in [9.17, 15) is 9.18 Å². The molecule has 0 aliphatic carbocycles. The van der Waals surface area contributed by atoms with Gasteiger partial charge in [0.1, 0.15) is 29.6 Å². The summed E-state index contributed by atoms with van der Waals surface area (Å²) >= 11 is 5.75. The van der Waals surface area contributed by atoms with Gasteiger partial charge in [0.05, 0.1) is 11.6 Å². The highest BCUT2D eigenvalue weighted by Crippen LogP contribution is 2.33. The van der Waals surface area contributed by atoms with E-state index >= 15 is 0 Å². The number of ether oxygens (including phenoxy) is 2. The quantitative estimate of drug-likeness (QED) is 0.794. The third kappa shape index (κ3) is 1.90. The van der Waals surface area contributed by atoms with Crippen molar-refractivity contribution in [3.63, 3.8) is 0 Å². The topological polar surface area (TPSA) is 66.2 Å². The van der Waals surface area contributed by atoms with Crippen LogP contribution >= 0.6 is 11.6 Å². The van der Waals surface area contributed by atoms with Crippen LogP contribution < -0.4 is 4.74 Å². The Hall–Kier alpha value is -2.15. The van der Waals surface area contributed by atoms with E-state index in [0.29, 0.717) is 17.1 Å². The van der Waals surface area contributed by atoms with Crippen molar-refractivity contribution < 1.29 is 18.7 Å². The molecule has 0 saturated heterocycles. The van der Waals surface area contributed by atoms with E-state index in [1.165, 1.54) is 16.8 Å². The van der Waals surface area contributed by atoms with Gasteiger partial charge in [-0.1, -0.05) is 16.8 Å². The fourth-order valence-corrected chi connectivity index (χ4v) is 2.09. The summed E-state index contributed by atoms with van der Waals surface area (Å²) in [5.74, 6) is -0.867. The van der Waals surface area contributed by atoms with Crippen LogP contribution in [0.4, 0.5) is 4.39 Å². The first kappa shape index (κ1) is 12.9.